The maximum absolute atomic E-state index is 11.9. The molecule has 4 nitrogen and oxygen atoms in total. The summed E-state index contributed by atoms with van der Waals surface area (Å²) in [6.07, 6.45) is 2.20. The summed E-state index contributed by atoms with van der Waals surface area (Å²) in [5.41, 5.74) is 0.785. The smallest absolute Gasteiger partial charge is 0.238 e. The predicted molar refractivity (Wildman–Crippen MR) is 78.6 cm³/mol. The zero-order chi connectivity index (χ0) is 13.7. The summed E-state index contributed by atoms with van der Waals surface area (Å²) >= 11 is 5.81. The highest BCUT2D eigenvalue weighted by molar-refractivity contribution is 6.30. The topological polar surface area (TPSA) is 44.4 Å². The molecule has 0 bridgehead atoms. The number of likely N-dealkylation sites (N-methyl/N-ethyl adjacent to an activating group) is 1. The Morgan fingerprint density at radius 1 is 1.37 bits per heavy atom. The molecule has 1 saturated heterocycles. The van der Waals surface area contributed by atoms with Crippen molar-refractivity contribution in [1.82, 2.24) is 10.2 Å². The van der Waals surface area contributed by atoms with E-state index in [2.05, 4.69) is 15.5 Å². The maximum atomic E-state index is 11.9. The first-order valence-electron chi connectivity index (χ1n) is 6.61. The Hall–Kier alpha value is -1.10. The average Bonchev–Trinajstić information content (AvgIpc) is 2.42. The van der Waals surface area contributed by atoms with Crippen molar-refractivity contribution in [1.29, 1.82) is 0 Å². The molecule has 1 aliphatic rings. The van der Waals surface area contributed by atoms with Crippen LogP contribution in [0.1, 0.15) is 12.8 Å². The van der Waals surface area contributed by atoms with E-state index in [4.69, 9.17) is 11.6 Å². The third kappa shape index (κ3) is 4.49. The van der Waals surface area contributed by atoms with Crippen LogP contribution >= 0.6 is 11.6 Å². The molecule has 2 rings (SSSR count). The van der Waals surface area contributed by atoms with Crippen LogP contribution in [-0.4, -0.2) is 43.5 Å². The van der Waals surface area contributed by atoms with E-state index < -0.39 is 0 Å². The number of carbonyl (C=O) groups is 1. The summed E-state index contributed by atoms with van der Waals surface area (Å²) in [4.78, 5) is 14.1. The lowest BCUT2D eigenvalue weighted by Crippen LogP contribution is -2.44. The Kier molecular flexibility index (Phi) is 5.19. The number of carbonyl (C=O) groups excluding carboxylic acids is 1. The normalized spacial score (nSPS) is 16.6. The highest BCUT2D eigenvalue weighted by atomic mass is 35.5. The second kappa shape index (κ2) is 6.89. The molecular formula is C14H20ClN3O. The molecule has 2 N–H and O–H groups in total. The Bertz CT molecular complexity index is 415. The van der Waals surface area contributed by atoms with Gasteiger partial charge in [0.1, 0.15) is 0 Å². The second-order valence-corrected chi connectivity index (χ2v) is 5.39. The van der Waals surface area contributed by atoms with Gasteiger partial charge in [-0.3, -0.25) is 9.69 Å². The molecule has 1 fully saturated rings. The summed E-state index contributed by atoms with van der Waals surface area (Å²) in [7, 11) is 2.01. The largest absolute Gasteiger partial charge is 0.325 e. The first-order valence-corrected chi connectivity index (χ1v) is 6.99. The van der Waals surface area contributed by atoms with Crippen LogP contribution in [0.3, 0.4) is 0 Å². The van der Waals surface area contributed by atoms with E-state index in [1.54, 1.807) is 12.1 Å². The predicted octanol–water partition coefficient (Wildman–Crippen LogP) is 1.96. The molecule has 5 heteroatoms. The van der Waals surface area contributed by atoms with Gasteiger partial charge in [0.05, 0.1) is 6.54 Å². The highest BCUT2D eigenvalue weighted by Crippen LogP contribution is 2.14. The molecule has 0 saturated carbocycles. The van der Waals surface area contributed by atoms with Crippen LogP contribution in [0.5, 0.6) is 0 Å². The molecule has 1 heterocycles. The fraction of sp³-hybridized carbons (Fsp3) is 0.500. The number of nitrogens with one attached hydrogen (secondary N) is 2. The lowest BCUT2D eigenvalue weighted by Gasteiger charge is -2.31. The molecule has 0 aromatic heterocycles. The quantitative estimate of drug-likeness (QED) is 0.887. The van der Waals surface area contributed by atoms with Crippen molar-refractivity contribution < 1.29 is 4.79 Å². The van der Waals surface area contributed by atoms with E-state index >= 15 is 0 Å². The molecule has 0 spiro atoms. The fourth-order valence-corrected chi connectivity index (χ4v) is 2.46. The van der Waals surface area contributed by atoms with E-state index in [-0.39, 0.29) is 5.91 Å². The lowest BCUT2D eigenvalue weighted by atomic mass is 10.1. The number of benzene rings is 1. The van der Waals surface area contributed by atoms with Gasteiger partial charge in [0.25, 0.3) is 0 Å². The number of anilines is 1. The Labute approximate surface area is 119 Å². The second-order valence-electron chi connectivity index (χ2n) is 4.95. The van der Waals surface area contributed by atoms with E-state index in [9.17, 15) is 4.79 Å². The summed E-state index contributed by atoms with van der Waals surface area (Å²) < 4.78 is 0. The fourth-order valence-electron chi connectivity index (χ4n) is 2.34. The van der Waals surface area contributed by atoms with Crippen molar-refractivity contribution in [3.05, 3.63) is 29.3 Å². The van der Waals surface area contributed by atoms with Gasteiger partial charge in [-0.2, -0.15) is 0 Å². The van der Waals surface area contributed by atoms with Gasteiger partial charge in [0.15, 0.2) is 0 Å². The van der Waals surface area contributed by atoms with Gasteiger partial charge in [0.2, 0.25) is 5.91 Å². The van der Waals surface area contributed by atoms with Gasteiger partial charge in [-0.15, -0.1) is 0 Å². The number of hydrogen-bond donors (Lipinski definition) is 2. The summed E-state index contributed by atoms with van der Waals surface area (Å²) in [5, 5.41) is 6.88. The molecule has 104 valence electrons. The number of halogens is 1. The first kappa shape index (κ1) is 14.3. The minimum Gasteiger partial charge on any atom is -0.325 e. The molecular weight excluding hydrogens is 262 g/mol. The van der Waals surface area contributed by atoms with Crippen molar-refractivity contribution in [2.24, 2.45) is 0 Å². The van der Waals surface area contributed by atoms with Crippen molar-refractivity contribution in [2.75, 3.05) is 32.0 Å². The summed E-state index contributed by atoms with van der Waals surface area (Å²) in [6.45, 7) is 2.49. The number of hydrogen-bond acceptors (Lipinski definition) is 3. The van der Waals surface area contributed by atoms with E-state index in [0.29, 0.717) is 17.6 Å². The van der Waals surface area contributed by atoms with E-state index in [1.807, 2.05) is 19.2 Å². The zero-order valence-corrected chi connectivity index (χ0v) is 11.9. The monoisotopic (exact) mass is 281 g/mol. The molecule has 1 aromatic rings. The zero-order valence-electron chi connectivity index (χ0n) is 11.2. The van der Waals surface area contributed by atoms with E-state index in [0.717, 1.165) is 31.6 Å². The highest BCUT2D eigenvalue weighted by Gasteiger charge is 2.19. The molecule has 0 aliphatic carbocycles. The van der Waals surface area contributed by atoms with Gasteiger partial charge in [-0.1, -0.05) is 11.6 Å². The van der Waals surface area contributed by atoms with Crippen LogP contribution in [-0.2, 0) is 4.79 Å². The van der Waals surface area contributed by atoms with Gasteiger partial charge >= 0.3 is 0 Å². The van der Waals surface area contributed by atoms with Crippen LogP contribution in [0.4, 0.5) is 5.69 Å². The Morgan fingerprint density at radius 2 is 2.00 bits per heavy atom. The van der Waals surface area contributed by atoms with E-state index in [1.165, 1.54) is 0 Å². The SMILES string of the molecule is CN(CC(=O)Nc1ccc(Cl)cc1)C1CCNCC1. The average molecular weight is 282 g/mol. The molecule has 0 atom stereocenters. The van der Waals surface area contributed by atoms with Crippen LogP contribution in [0.15, 0.2) is 24.3 Å². The minimum atomic E-state index is 0.0170. The van der Waals surface area contributed by atoms with Gasteiger partial charge < -0.3 is 10.6 Å². The van der Waals surface area contributed by atoms with Crippen LogP contribution < -0.4 is 10.6 Å². The molecule has 19 heavy (non-hydrogen) atoms. The van der Waals surface area contributed by atoms with Crippen LogP contribution in [0, 0.1) is 0 Å². The van der Waals surface area contributed by atoms with Crippen LogP contribution in [0.25, 0.3) is 0 Å². The molecule has 1 aromatic carbocycles. The third-order valence-corrected chi connectivity index (χ3v) is 3.70. The number of nitrogens with zero attached hydrogens (tertiary/aromatic N) is 1. The lowest BCUT2D eigenvalue weighted by molar-refractivity contribution is -0.117. The molecule has 1 aliphatic heterocycles. The van der Waals surface area contributed by atoms with Gasteiger partial charge in [-0.25, -0.2) is 0 Å². The van der Waals surface area contributed by atoms with Crippen molar-refractivity contribution in [3.63, 3.8) is 0 Å². The van der Waals surface area contributed by atoms with Crippen molar-refractivity contribution in [3.8, 4) is 0 Å². The number of rotatable bonds is 4. The molecule has 0 unspecified atom stereocenters. The maximum Gasteiger partial charge on any atom is 0.238 e. The first-order chi connectivity index (χ1) is 9.15. The molecule has 1 amide bonds. The Morgan fingerprint density at radius 3 is 2.63 bits per heavy atom. The van der Waals surface area contributed by atoms with Crippen molar-refractivity contribution in [2.45, 2.75) is 18.9 Å². The third-order valence-electron chi connectivity index (χ3n) is 3.45. The standard InChI is InChI=1S/C14H20ClN3O/c1-18(13-6-8-16-9-7-13)10-14(19)17-12-4-2-11(15)3-5-12/h2-5,13,16H,6-10H2,1H3,(H,17,19). The summed E-state index contributed by atoms with van der Waals surface area (Å²) in [5.74, 6) is 0.0170. The summed E-state index contributed by atoms with van der Waals surface area (Å²) in [6, 6.07) is 7.66. The number of amides is 1. The number of piperidine rings is 1. The van der Waals surface area contributed by atoms with Crippen molar-refractivity contribution >= 4 is 23.2 Å². The minimum absolute atomic E-state index is 0.0170. The Balaban J connectivity index is 1.81. The van der Waals surface area contributed by atoms with Gasteiger partial charge in [0, 0.05) is 16.8 Å². The molecule has 0 radical (unpaired) electrons. The van der Waals surface area contributed by atoms with Gasteiger partial charge in [-0.05, 0) is 57.2 Å². The van der Waals surface area contributed by atoms with Crippen LogP contribution in [0.2, 0.25) is 5.02 Å².